The van der Waals surface area contributed by atoms with Crippen LogP contribution in [0.4, 0.5) is 5.69 Å². The summed E-state index contributed by atoms with van der Waals surface area (Å²) < 4.78 is 0.932. The van der Waals surface area contributed by atoms with Gasteiger partial charge >= 0.3 is 0 Å². The molecule has 0 spiro atoms. The largest absolute Gasteiger partial charge is 0.326 e. The van der Waals surface area contributed by atoms with E-state index in [0.717, 1.165) is 10.0 Å². The summed E-state index contributed by atoms with van der Waals surface area (Å²) in [5.41, 5.74) is 2.14. The van der Waals surface area contributed by atoms with E-state index in [1.54, 1.807) is 18.2 Å². The zero-order valence-corrected chi connectivity index (χ0v) is 16.2. The first-order valence-electron chi connectivity index (χ1n) is 7.73. The van der Waals surface area contributed by atoms with Gasteiger partial charge in [0.15, 0.2) is 11.6 Å². The molecule has 1 aromatic heterocycles. The van der Waals surface area contributed by atoms with Crippen LogP contribution in [0.5, 0.6) is 0 Å². The van der Waals surface area contributed by atoms with Crippen molar-refractivity contribution in [1.82, 2.24) is 15.2 Å². The van der Waals surface area contributed by atoms with E-state index in [4.69, 9.17) is 0 Å². The van der Waals surface area contributed by atoms with Crippen LogP contribution in [0.1, 0.15) is 17.3 Å². The Morgan fingerprint density at radius 1 is 1.19 bits per heavy atom. The van der Waals surface area contributed by atoms with Crippen molar-refractivity contribution in [3.63, 3.8) is 0 Å². The molecule has 0 bridgehead atoms. The van der Waals surface area contributed by atoms with E-state index < -0.39 is 0 Å². The summed E-state index contributed by atoms with van der Waals surface area (Å²) in [7, 11) is 0. The van der Waals surface area contributed by atoms with Gasteiger partial charge in [-0.1, -0.05) is 52.0 Å². The molecule has 26 heavy (non-hydrogen) atoms. The summed E-state index contributed by atoms with van der Waals surface area (Å²) in [6.45, 7) is 1.46. The van der Waals surface area contributed by atoms with Gasteiger partial charge in [0, 0.05) is 28.2 Å². The number of halogens is 1. The van der Waals surface area contributed by atoms with Crippen molar-refractivity contribution < 1.29 is 9.59 Å². The zero-order valence-electron chi connectivity index (χ0n) is 13.8. The highest BCUT2D eigenvalue weighted by Crippen LogP contribution is 2.22. The Bertz CT molecular complexity index is 940. The number of hydrogen-bond acceptors (Lipinski definition) is 5. The van der Waals surface area contributed by atoms with E-state index in [1.165, 1.54) is 18.7 Å². The van der Waals surface area contributed by atoms with Crippen LogP contribution < -0.4 is 5.32 Å². The Morgan fingerprint density at radius 3 is 2.69 bits per heavy atom. The van der Waals surface area contributed by atoms with Gasteiger partial charge < -0.3 is 5.32 Å². The van der Waals surface area contributed by atoms with E-state index in [2.05, 4.69) is 36.4 Å². The smallest absolute Gasteiger partial charge is 0.221 e. The molecule has 3 rings (SSSR count). The predicted molar refractivity (Wildman–Crippen MR) is 105 cm³/mol. The standard InChI is InChI=1S/C18H15BrN4O2S/c1-11(24)20-15-4-2-3-13(9-15)17-21-18(23-22-17)26-10-16(25)12-5-7-14(19)8-6-12/h2-9H,10H2,1H3,(H,20,24)(H,21,22,23). The number of hydrogen-bond donors (Lipinski definition) is 2. The highest BCUT2D eigenvalue weighted by atomic mass is 79.9. The van der Waals surface area contributed by atoms with Crippen molar-refractivity contribution in [2.24, 2.45) is 0 Å². The van der Waals surface area contributed by atoms with Crippen molar-refractivity contribution in [1.29, 1.82) is 0 Å². The Morgan fingerprint density at radius 2 is 1.96 bits per heavy atom. The van der Waals surface area contributed by atoms with Gasteiger partial charge in [0.2, 0.25) is 11.1 Å². The van der Waals surface area contributed by atoms with E-state index >= 15 is 0 Å². The number of H-pyrrole nitrogens is 1. The lowest BCUT2D eigenvalue weighted by Gasteiger charge is -2.03. The van der Waals surface area contributed by atoms with Gasteiger partial charge in [0.1, 0.15) is 0 Å². The normalized spacial score (nSPS) is 10.5. The van der Waals surface area contributed by atoms with Crippen LogP contribution in [0.3, 0.4) is 0 Å². The maximum atomic E-state index is 12.2. The van der Waals surface area contributed by atoms with Gasteiger partial charge in [-0.25, -0.2) is 4.98 Å². The summed E-state index contributed by atoms with van der Waals surface area (Å²) in [6, 6.07) is 14.5. The highest BCUT2D eigenvalue weighted by Gasteiger charge is 2.11. The quantitative estimate of drug-likeness (QED) is 0.452. The number of aromatic amines is 1. The van der Waals surface area contributed by atoms with E-state index in [-0.39, 0.29) is 17.4 Å². The van der Waals surface area contributed by atoms with Gasteiger partial charge in [0.05, 0.1) is 5.75 Å². The van der Waals surface area contributed by atoms with Crippen LogP contribution >= 0.6 is 27.7 Å². The predicted octanol–water partition coefficient (Wildman–Crippen LogP) is 4.17. The minimum atomic E-state index is -0.137. The third kappa shape index (κ3) is 4.80. The number of nitrogens with zero attached hydrogens (tertiary/aromatic N) is 2. The molecule has 0 aliphatic carbocycles. The third-order valence-corrected chi connectivity index (χ3v) is 4.80. The molecule has 1 amide bonds. The Hall–Kier alpha value is -2.45. The zero-order chi connectivity index (χ0) is 18.5. The number of aromatic nitrogens is 3. The molecule has 0 atom stereocenters. The Kier molecular flexibility index (Phi) is 5.85. The molecular formula is C18H15BrN4O2S. The molecule has 0 unspecified atom stereocenters. The average Bonchev–Trinajstić information content (AvgIpc) is 3.09. The molecular weight excluding hydrogens is 416 g/mol. The van der Waals surface area contributed by atoms with Crippen LogP contribution in [0.2, 0.25) is 0 Å². The first kappa shape index (κ1) is 18.3. The molecule has 0 radical (unpaired) electrons. The lowest BCUT2D eigenvalue weighted by atomic mass is 10.2. The van der Waals surface area contributed by atoms with Gasteiger partial charge in [-0.2, -0.15) is 0 Å². The minimum Gasteiger partial charge on any atom is -0.326 e. The highest BCUT2D eigenvalue weighted by molar-refractivity contribution is 9.10. The molecule has 132 valence electrons. The van der Waals surface area contributed by atoms with Crippen LogP contribution in [0, 0.1) is 0 Å². The van der Waals surface area contributed by atoms with Crippen molar-refractivity contribution in [3.8, 4) is 11.4 Å². The summed E-state index contributed by atoms with van der Waals surface area (Å²) in [6.07, 6.45) is 0. The van der Waals surface area contributed by atoms with Crippen molar-refractivity contribution in [2.75, 3.05) is 11.1 Å². The minimum absolute atomic E-state index is 0.0153. The molecule has 0 saturated carbocycles. The number of ketones is 1. The number of benzene rings is 2. The Labute approximate surface area is 162 Å². The van der Waals surface area contributed by atoms with Gasteiger partial charge in [-0.15, -0.1) is 5.10 Å². The average molecular weight is 431 g/mol. The summed E-state index contributed by atoms with van der Waals surface area (Å²) in [5.74, 6) is 0.713. The van der Waals surface area contributed by atoms with E-state index in [0.29, 0.717) is 22.2 Å². The van der Waals surface area contributed by atoms with Crippen LogP contribution in [-0.4, -0.2) is 32.6 Å². The molecule has 0 fully saturated rings. The fraction of sp³-hybridized carbons (Fsp3) is 0.111. The summed E-state index contributed by atoms with van der Waals surface area (Å²) in [4.78, 5) is 27.8. The van der Waals surface area contributed by atoms with E-state index in [9.17, 15) is 9.59 Å². The monoisotopic (exact) mass is 430 g/mol. The topological polar surface area (TPSA) is 87.7 Å². The maximum absolute atomic E-state index is 12.2. The second kappa shape index (κ2) is 8.29. The molecule has 0 saturated heterocycles. The van der Waals surface area contributed by atoms with Gasteiger partial charge in [0.25, 0.3) is 0 Å². The first-order valence-corrected chi connectivity index (χ1v) is 9.51. The Balaban J connectivity index is 1.65. The number of anilines is 1. The van der Waals surface area contributed by atoms with Crippen LogP contribution in [-0.2, 0) is 4.79 Å². The van der Waals surface area contributed by atoms with Crippen molar-refractivity contribution in [3.05, 3.63) is 58.6 Å². The second-order valence-corrected chi connectivity index (χ2v) is 7.31. The molecule has 2 aromatic carbocycles. The van der Waals surface area contributed by atoms with Gasteiger partial charge in [-0.3, -0.25) is 14.7 Å². The maximum Gasteiger partial charge on any atom is 0.221 e. The lowest BCUT2D eigenvalue weighted by molar-refractivity contribution is -0.114. The van der Waals surface area contributed by atoms with E-state index in [1.807, 2.05) is 30.3 Å². The van der Waals surface area contributed by atoms with Gasteiger partial charge in [-0.05, 0) is 24.3 Å². The number of thioether (sulfide) groups is 1. The first-order chi connectivity index (χ1) is 12.5. The second-order valence-electron chi connectivity index (χ2n) is 5.45. The fourth-order valence-corrected chi connectivity index (χ4v) is 3.19. The number of carbonyl (C=O) groups is 2. The van der Waals surface area contributed by atoms with Crippen molar-refractivity contribution in [2.45, 2.75) is 12.1 Å². The molecule has 8 heteroatoms. The van der Waals surface area contributed by atoms with Crippen LogP contribution in [0.25, 0.3) is 11.4 Å². The molecule has 1 heterocycles. The molecule has 0 aliphatic rings. The number of amides is 1. The van der Waals surface area contributed by atoms with Crippen LogP contribution in [0.15, 0.2) is 58.2 Å². The lowest BCUT2D eigenvalue weighted by Crippen LogP contribution is -2.05. The van der Waals surface area contributed by atoms with Crippen molar-refractivity contribution >= 4 is 45.1 Å². The molecule has 6 nitrogen and oxygen atoms in total. The third-order valence-electron chi connectivity index (χ3n) is 3.42. The SMILES string of the molecule is CC(=O)Nc1cccc(-c2nc(SCC(=O)c3ccc(Br)cc3)n[nH]2)c1. The fourth-order valence-electron chi connectivity index (χ4n) is 2.24. The molecule has 2 N–H and O–H groups in total. The number of Topliss-reactive ketones (excluding diaryl/α,β-unsaturated/α-hetero) is 1. The number of carbonyl (C=O) groups excluding carboxylic acids is 2. The summed E-state index contributed by atoms with van der Waals surface area (Å²) in [5, 5.41) is 10.2. The number of rotatable bonds is 6. The molecule has 0 aliphatic heterocycles. The molecule has 3 aromatic rings. The number of nitrogens with one attached hydrogen (secondary N) is 2. The summed E-state index contributed by atoms with van der Waals surface area (Å²) >= 11 is 4.62.